The number of hydrogen-bond acceptors (Lipinski definition) is 3. The number of halogens is 25. The van der Waals surface area contributed by atoms with E-state index in [9.17, 15) is 105 Å². The third kappa shape index (κ3) is 16.6. The van der Waals surface area contributed by atoms with Crippen LogP contribution in [0.4, 0.5) is 105 Å². The first-order valence-corrected chi connectivity index (χ1v) is 19.8. The van der Waals surface area contributed by atoms with E-state index in [-0.39, 0.29) is 27.7 Å². The molecule has 28 heteroatoms. The van der Waals surface area contributed by atoms with E-state index in [0.29, 0.717) is 38.6 Å². The summed E-state index contributed by atoms with van der Waals surface area (Å²) < 4.78 is 294. The molecule has 0 aliphatic heterocycles. The first-order chi connectivity index (χ1) is 27.6. The van der Waals surface area contributed by atoms with Crippen LogP contribution in [0.2, 0.25) is 0 Å². The average Bonchev–Trinajstić information content (AvgIpc) is 3.09. The van der Waals surface area contributed by atoms with Crippen molar-refractivity contribution in [2.24, 2.45) is 21.7 Å². The van der Waals surface area contributed by atoms with Crippen LogP contribution in [-0.4, -0.2) is 72.6 Å². The van der Waals surface area contributed by atoms with Crippen LogP contribution in [0.5, 0.6) is 0 Å². The van der Waals surface area contributed by atoms with Crippen molar-refractivity contribution in [3.63, 3.8) is 0 Å². The molecule has 2 aromatic rings. The summed E-state index contributed by atoms with van der Waals surface area (Å²) in [4.78, 5) is 0.750. The molecule has 0 aliphatic carbocycles. The Morgan fingerprint density at radius 3 is 0.810 bits per heavy atom. The third-order valence-corrected chi connectivity index (χ3v) is 12.5. The maximum atomic E-state index is 12.7. The van der Waals surface area contributed by atoms with Crippen LogP contribution in [0.25, 0.3) is 0 Å². The lowest BCUT2D eigenvalue weighted by atomic mass is 9.86. The predicted molar refractivity (Wildman–Crippen MR) is 190 cm³/mol. The summed E-state index contributed by atoms with van der Waals surface area (Å²) in [5, 5.41) is 8.59. The predicted octanol–water partition coefficient (Wildman–Crippen LogP) is 16.7. The Morgan fingerprint density at radius 2 is 0.651 bits per heavy atom. The molecule has 0 fully saturated rings. The molecule has 0 saturated carbocycles. The van der Waals surface area contributed by atoms with Crippen molar-refractivity contribution >= 4 is 39.5 Å². The van der Waals surface area contributed by atoms with Crippen LogP contribution < -0.4 is 0 Å². The summed E-state index contributed by atoms with van der Waals surface area (Å²) in [5.41, 5.74) is -13.3. The Morgan fingerprint density at radius 1 is 0.413 bits per heavy atom. The van der Waals surface area contributed by atoms with Gasteiger partial charge in [-0.1, -0.05) is 52.7 Å². The van der Waals surface area contributed by atoms with Crippen LogP contribution in [-0.2, 0) is 5.33 Å². The molecule has 0 spiro atoms. The SMILES string of the molecule is CC(CO)(C(F)(F)F)C(F)(F)F.CC(CSc1ccc(CBr)cc1)(C(F)(F)F)C(F)(F)F.CCC(C)(C(F)(F)F)C(F)(F)F.Cc1ccc(SCC(C)(C(F)(F)F)C(F)(F)F)cc1. The molecule has 1 nitrogen and oxygen atoms in total. The van der Waals surface area contributed by atoms with Crippen LogP contribution in [0.1, 0.15) is 52.2 Å². The van der Waals surface area contributed by atoms with Crippen molar-refractivity contribution in [2.45, 2.75) is 112 Å². The lowest BCUT2D eigenvalue weighted by Crippen LogP contribution is -2.50. The first kappa shape index (κ1) is 63.0. The molecule has 2 aromatic carbocycles. The molecule has 0 bridgehead atoms. The van der Waals surface area contributed by atoms with E-state index in [0.717, 1.165) is 18.1 Å². The second-order valence-electron chi connectivity index (χ2n) is 14.0. The highest BCUT2D eigenvalue weighted by Gasteiger charge is 2.69. The number of aliphatic hydroxyl groups is 1. The number of thioether (sulfide) groups is 2. The fraction of sp³-hybridized carbons (Fsp3) is 0.657. The van der Waals surface area contributed by atoms with Gasteiger partial charge in [-0.2, -0.15) is 105 Å². The van der Waals surface area contributed by atoms with Gasteiger partial charge in [0.15, 0.2) is 21.7 Å². The van der Waals surface area contributed by atoms with E-state index >= 15 is 0 Å². The Labute approximate surface area is 361 Å². The van der Waals surface area contributed by atoms with Crippen molar-refractivity contribution in [2.75, 3.05) is 18.1 Å². The number of alkyl halides is 25. The number of aryl methyl sites for hydroxylation is 1. The van der Waals surface area contributed by atoms with Gasteiger partial charge in [0.1, 0.15) is 0 Å². The Balaban J connectivity index is 0. The molecular weight excluding hydrogens is 1040 g/mol. The second kappa shape index (κ2) is 22.1. The van der Waals surface area contributed by atoms with Gasteiger partial charge in [0.2, 0.25) is 0 Å². The summed E-state index contributed by atoms with van der Waals surface area (Å²) in [7, 11) is 0. The van der Waals surface area contributed by atoms with Gasteiger partial charge in [-0.3, -0.25) is 0 Å². The van der Waals surface area contributed by atoms with E-state index in [1.807, 2.05) is 0 Å². The highest BCUT2D eigenvalue weighted by Crippen LogP contribution is 2.55. The van der Waals surface area contributed by atoms with Gasteiger partial charge >= 0.3 is 49.4 Å². The van der Waals surface area contributed by atoms with E-state index in [1.165, 1.54) is 24.3 Å². The first-order valence-electron chi connectivity index (χ1n) is 16.7. The quantitative estimate of drug-likeness (QED) is 0.154. The minimum atomic E-state index is -5.49. The summed E-state index contributed by atoms with van der Waals surface area (Å²) in [5.74, 6) is -2.20. The van der Waals surface area contributed by atoms with Gasteiger partial charge in [0.25, 0.3) is 0 Å². The van der Waals surface area contributed by atoms with Gasteiger partial charge in [-0.05, 0) is 70.9 Å². The lowest BCUT2D eigenvalue weighted by Gasteiger charge is -2.33. The van der Waals surface area contributed by atoms with Crippen LogP contribution >= 0.6 is 39.5 Å². The van der Waals surface area contributed by atoms with E-state index in [4.69, 9.17) is 5.11 Å². The zero-order valence-corrected chi connectivity index (χ0v) is 36.1. The molecule has 63 heavy (non-hydrogen) atoms. The molecule has 0 saturated heterocycles. The zero-order valence-electron chi connectivity index (χ0n) is 32.9. The van der Waals surface area contributed by atoms with Crippen molar-refractivity contribution in [3.8, 4) is 0 Å². The molecule has 0 amide bonds. The van der Waals surface area contributed by atoms with Gasteiger partial charge in [0, 0.05) is 26.6 Å². The second-order valence-corrected chi connectivity index (χ2v) is 16.6. The largest absolute Gasteiger partial charge is 0.405 e. The third-order valence-electron chi connectivity index (χ3n) is 9.18. The van der Waals surface area contributed by atoms with E-state index in [1.54, 1.807) is 31.2 Å². The minimum absolute atomic E-state index is 0.0903. The summed E-state index contributed by atoms with van der Waals surface area (Å²) >= 11 is 4.30. The van der Waals surface area contributed by atoms with Crippen molar-refractivity contribution < 1.29 is 110 Å². The Bertz CT molecular complexity index is 1540. The van der Waals surface area contributed by atoms with Gasteiger partial charge < -0.3 is 5.11 Å². The lowest BCUT2D eigenvalue weighted by molar-refractivity contribution is -0.342. The number of hydrogen-bond donors (Lipinski definition) is 1. The van der Waals surface area contributed by atoms with E-state index < -0.39 is 95.6 Å². The molecule has 0 unspecified atom stereocenters. The summed E-state index contributed by atoms with van der Waals surface area (Å²) in [6, 6.07) is 12.6. The van der Waals surface area contributed by atoms with E-state index in [2.05, 4.69) is 15.9 Å². The molecule has 1 N–H and O–H groups in total. The molecule has 0 atom stereocenters. The van der Waals surface area contributed by atoms with Crippen LogP contribution in [0.3, 0.4) is 0 Å². The number of rotatable bonds is 9. The summed E-state index contributed by atoms with van der Waals surface area (Å²) in [6.07, 6.45) is -43.8. The molecular formula is C35H37BrF24OS2. The number of aliphatic hydroxyl groups excluding tert-OH is 1. The highest BCUT2D eigenvalue weighted by molar-refractivity contribution is 9.08. The fourth-order valence-electron chi connectivity index (χ4n) is 3.31. The molecule has 370 valence electrons. The molecule has 0 aliphatic rings. The van der Waals surface area contributed by atoms with Gasteiger partial charge in [-0.25, -0.2) is 0 Å². The molecule has 0 radical (unpaired) electrons. The Hall–Kier alpha value is -2.10. The van der Waals surface area contributed by atoms with Crippen molar-refractivity contribution in [1.82, 2.24) is 0 Å². The maximum absolute atomic E-state index is 12.7. The molecule has 0 heterocycles. The van der Waals surface area contributed by atoms with Crippen molar-refractivity contribution in [1.29, 1.82) is 0 Å². The summed E-state index contributed by atoms with van der Waals surface area (Å²) in [6.45, 7) is 1.09. The monoisotopic (exact) mass is 1070 g/mol. The van der Waals surface area contributed by atoms with Crippen LogP contribution in [0.15, 0.2) is 58.3 Å². The number of benzene rings is 2. The smallest absolute Gasteiger partial charge is 0.395 e. The zero-order chi connectivity index (χ0) is 50.9. The standard InChI is InChI=1S/C12H11BrF6S.C12H12F6S.C6H8F6.C5H6F6O/c1-10(11(14,15)16,12(17,18)19)7-20-9-4-2-8(6-13)3-5-9;1-8-3-5-9(6-4-8)19-7-10(2,11(13,14)15)12(16,17)18;1-3-4(2,5(7,8)9)6(10,11)12;1-3(2-12,4(6,7)8)5(9,10)11/h2-5H,6-7H2,1H3;3-6H,7H2,1-2H3;3H2,1-2H3;12H,2H2,1H3. The normalized spacial score (nSPS) is 14.2. The topological polar surface area (TPSA) is 20.2 Å². The fourth-order valence-corrected chi connectivity index (χ4v) is 5.91. The highest BCUT2D eigenvalue weighted by atomic mass is 79.9. The molecule has 0 aromatic heterocycles. The maximum Gasteiger partial charge on any atom is 0.405 e. The Kier molecular flexibility index (Phi) is 22.1. The molecule has 2 rings (SSSR count). The van der Waals surface area contributed by atoms with Gasteiger partial charge in [0.05, 0.1) is 6.61 Å². The van der Waals surface area contributed by atoms with Crippen molar-refractivity contribution in [3.05, 3.63) is 59.7 Å². The van der Waals surface area contributed by atoms with Gasteiger partial charge in [-0.15, -0.1) is 23.5 Å². The minimum Gasteiger partial charge on any atom is -0.395 e. The average molecular weight is 1070 g/mol. The van der Waals surface area contributed by atoms with Crippen LogP contribution in [0, 0.1) is 28.6 Å².